The summed E-state index contributed by atoms with van der Waals surface area (Å²) in [6.45, 7) is 3.68. The molecule has 2 rings (SSSR count). The Morgan fingerprint density at radius 3 is 2.61 bits per heavy atom. The zero-order chi connectivity index (χ0) is 12.1. The number of nitrogens with one attached hydrogen (secondary N) is 1. The van der Waals surface area contributed by atoms with Crippen molar-refractivity contribution >= 4 is 24.1 Å². The SMILES string of the molecule is CNCC(=O)N1CCN(c2ccccn2)CC1.Cl. The number of likely N-dealkylation sites (N-methyl/N-ethyl adjacent to an activating group) is 1. The molecule has 1 N–H and O–H groups in total. The van der Waals surface area contributed by atoms with Crippen LogP contribution in [0.15, 0.2) is 24.4 Å². The number of halogens is 1. The number of carbonyl (C=O) groups excluding carboxylic acids is 1. The van der Waals surface area contributed by atoms with Crippen LogP contribution in [0, 0.1) is 0 Å². The number of carbonyl (C=O) groups is 1. The van der Waals surface area contributed by atoms with Crippen LogP contribution in [-0.2, 0) is 4.79 Å². The van der Waals surface area contributed by atoms with Gasteiger partial charge in [0.15, 0.2) is 0 Å². The lowest BCUT2D eigenvalue weighted by atomic mass is 10.3. The topological polar surface area (TPSA) is 48.5 Å². The maximum atomic E-state index is 11.7. The van der Waals surface area contributed by atoms with E-state index in [9.17, 15) is 4.79 Å². The van der Waals surface area contributed by atoms with E-state index in [0.717, 1.165) is 32.0 Å². The molecule has 18 heavy (non-hydrogen) atoms. The molecule has 6 heteroatoms. The number of hydrogen-bond donors (Lipinski definition) is 1. The molecule has 1 aliphatic rings. The monoisotopic (exact) mass is 270 g/mol. The Kier molecular flexibility index (Phi) is 5.88. The van der Waals surface area contributed by atoms with Crippen LogP contribution in [-0.4, -0.2) is 55.6 Å². The minimum absolute atomic E-state index is 0. The maximum Gasteiger partial charge on any atom is 0.236 e. The number of aromatic nitrogens is 1. The molecule has 0 unspecified atom stereocenters. The first-order valence-corrected chi connectivity index (χ1v) is 5.89. The van der Waals surface area contributed by atoms with Crippen LogP contribution in [0.25, 0.3) is 0 Å². The van der Waals surface area contributed by atoms with Crippen molar-refractivity contribution in [2.24, 2.45) is 0 Å². The molecule has 1 aromatic heterocycles. The summed E-state index contributed by atoms with van der Waals surface area (Å²) in [5.41, 5.74) is 0. The number of anilines is 1. The summed E-state index contributed by atoms with van der Waals surface area (Å²) in [5, 5.41) is 2.89. The van der Waals surface area contributed by atoms with Crippen molar-refractivity contribution in [3.8, 4) is 0 Å². The number of nitrogens with zero attached hydrogens (tertiary/aromatic N) is 3. The third kappa shape index (κ3) is 3.58. The molecule has 0 bridgehead atoms. The highest BCUT2D eigenvalue weighted by atomic mass is 35.5. The van der Waals surface area contributed by atoms with Gasteiger partial charge in [-0.05, 0) is 19.2 Å². The van der Waals surface area contributed by atoms with Crippen LogP contribution in [0.4, 0.5) is 5.82 Å². The summed E-state index contributed by atoms with van der Waals surface area (Å²) in [6, 6.07) is 5.90. The Bertz CT molecular complexity index is 366. The van der Waals surface area contributed by atoms with Crippen LogP contribution in [0.2, 0.25) is 0 Å². The van der Waals surface area contributed by atoms with Gasteiger partial charge in [0.1, 0.15) is 5.82 Å². The van der Waals surface area contributed by atoms with Crippen LogP contribution >= 0.6 is 12.4 Å². The van der Waals surface area contributed by atoms with Crippen LogP contribution in [0.1, 0.15) is 0 Å². The van der Waals surface area contributed by atoms with Crippen LogP contribution in [0.5, 0.6) is 0 Å². The lowest BCUT2D eigenvalue weighted by molar-refractivity contribution is -0.130. The van der Waals surface area contributed by atoms with E-state index >= 15 is 0 Å². The van der Waals surface area contributed by atoms with Gasteiger partial charge in [0.05, 0.1) is 6.54 Å². The first-order chi connectivity index (χ1) is 8.31. The second-order valence-electron chi connectivity index (χ2n) is 4.09. The highest BCUT2D eigenvalue weighted by molar-refractivity contribution is 5.85. The quantitative estimate of drug-likeness (QED) is 0.862. The molecule has 1 aliphatic heterocycles. The Hall–Kier alpha value is -1.33. The standard InChI is InChI=1S/C12H18N4O.ClH/c1-13-10-12(17)16-8-6-15(7-9-16)11-4-2-3-5-14-11;/h2-5,13H,6-10H2,1H3;1H. The molecule has 0 aromatic carbocycles. The zero-order valence-corrected chi connectivity index (χ0v) is 11.3. The summed E-state index contributed by atoms with van der Waals surface area (Å²) >= 11 is 0. The lowest BCUT2D eigenvalue weighted by Crippen LogP contribution is -2.50. The van der Waals surface area contributed by atoms with Gasteiger partial charge in [-0.3, -0.25) is 4.79 Å². The second kappa shape index (κ2) is 7.18. The van der Waals surface area contributed by atoms with E-state index in [4.69, 9.17) is 0 Å². The van der Waals surface area contributed by atoms with Gasteiger partial charge in [-0.15, -0.1) is 12.4 Å². The van der Waals surface area contributed by atoms with Crippen molar-refractivity contribution in [3.63, 3.8) is 0 Å². The van der Waals surface area contributed by atoms with Crippen molar-refractivity contribution in [1.29, 1.82) is 0 Å². The second-order valence-corrected chi connectivity index (χ2v) is 4.09. The molecule has 0 atom stereocenters. The minimum Gasteiger partial charge on any atom is -0.353 e. The molecule has 1 fully saturated rings. The molecular formula is C12H19ClN4O. The Labute approximate surface area is 114 Å². The third-order valence-corrected chi connectivity index (χ3v) is 2.93. The number of hydrogen-bond acceptors (Lipinski definition) is 4. The molecule has 1 amide bonds. The highest BCUT2D eigenvalue weighted by Crippen LogP contribution is 2.12. The van der Waals surface area contributed by atoms with Gasteiger partial charge in [0.25, 0.3) is 0 Å². The van der Waals surface area contributed by atoms with Gasteiger partial charge >= 0.3 is 0 Å². The molecule has 0 radical (unpaired) electrons. The summed E-state index contributed by atoms with van der Waals surface area (Å²) in [6.07, 6.45) is 1.80. The molecule has 100 valence electrons. The first-order valence-electron chi connectivity index (χ1n) is 5.89. The summed E-state index contributed by atoms with van der Waals surface area (Å²) < 4.78 is 0. The number of pyridine rings is 1. The predicted molar refractivity (Wildman–Crippen MR) is 74.2 cm³/mol. The minimum atomic E-state index is 0. The predicted octanol–water partition coefficient (Wildman–Crippen LogP) is 0.371. The molecule has 5 nitrogen and oxygen atoms in total. The van der Waals surface area contributed by atoms with Crippen molar-refractivity contribution in [2.75, 3.05) is 44.7 Å². The smallest absolute Gasteiger partial charge is 0.236 e. The fourth-order valence-corrected chi connectivity index (χ4v) is 1.99. The Balaban J connectivity index is 0.00000162. The van der Waals surface area contributed by atoms with Gasteiger partial charge < -0.3 is 15.1 Å². The van der Waals surface area contributed by atoms with E-state index < -0.39 is 0 Å². The van der Waals surface area contributed by atoms with Gasteiger partial charge in [-0.2, -0.15) is 0 Å². The average Bonchev–Trinajstić information content (AvgIpc) is 2.40. The van der Waals surface area contributed by atoms with Crippen molar-refractivity contribution in [2.45, 2.75) is 0 Å². The van der Waals surface area contributed by atoms with Gasteiger partial charge in [-0.25, -0.2) is 4.98 Å². The zero-order valence-electron chi connectivity index (χ0n) is 10.5. The van der Waals surface area contributed by atoms with Crippen LogP contribution in [0.3, 0.4) is 0 Å². The molecule has 1 aromatic rings. The third-order valence-electron chi connectivity index (χ3n) is 2.93. The maximum absolute atomic E-state index is 11.7. The summed E-state index contributed by atoms with van der Waals surface area (Å²) in [5.74, 6) is 1.17. The molecule has 0 aliphatic carbocycles. The van der Waals surface area contributed by atoms with E-state index in [-0.39, 0.29) is 18.3 Å². The Morgan fingerprint density at radius 1 is 1.33 bits per heavy atom. The molecule has 1 saturated heterocycles. The van der Waals surface area contributed by atoms with Gasteiger partial charge in [-0.1, -0.05) is 6.07 Å². The molecular weight excluding hydrogens is 252 g/mol. The number of piperazine rings is 1. The molecule has 0 spiro atoms. The first kappa shape index (κ1) is 14.7. The van der Waals surface area contributed by atoms with E-state index in [1.54, 1.807) is 13.2 Å². The van der Waals surface area contributed by atoms with E-state index in [1.807, 2.05) is 23.1 Å². The van der Waals surface area contributed by atoms with E-state index in [2.05, 4.69) is 15.2 Å². The van der Waals surface area contributed by atoms with Crippen LogP contribution < -0.4 is 10.2 Å². The van der Waals surface area contributed by atoms with E-state index in [0.29, 0.717) is 6.54 Å². The highest BCUT2D eigenvalue weighted by Gasteiger charge is 2.20. The average molecular weight is 271 g/mol. The largest absolute Gasteiger partial charge is 0.353 e. The molecule has 0 saturated carbocycles. The number of amides is 1. The van der Waals surface area contributed by atoms with Gasteiger partial charge in [0.2, 0.25) is 5.91 Å². The fourth-order valence-electron chi connectivity index (χ4n) is 1.99. The van der Waals surface area contributed by atoms with E-state index in [1.165, 1.54) is 0 Å². The van der Waals surface area contributed by atoms with Crippen molar-refractivity contribution in [1.82, 2.24) is 15.2 Å². The number of rotatable bonds is 3. The normalized spacial score (nSPS) is 15.2. The van der Waals surface area contributed by atoms with Crippen molar-refractivity contribution < 1.29 is 4.79 Å². The summed E-state index contributed by atoms with van der Waals surface area (Å²) in [4.78, 5) is 20.1. The van der Waals surface area contributed by atoms with Crippen molar-refractivity contribution in [3.05, 3.63) is 24.4 Å². The molecule has 2 heterocycles. The fraction of sp³-hybridized carbons (Fsp3) is 0.500. The summed E-state index contributed by atoms with van der Waals surface area (Å²) in [7, 11) is 1.79. The Morgan fingerprint density at radius 2 is 2.06 bits per heavy atom. The lowest BCUT2D eigenvalue weighted by Gasteiger charge is -2.35. The van der Waals surface area contributed by atoms with Gasteiger partial charge in [0, 0.05) is 32.4 Å².